The van der Waals surface area contributed by atoms with Crippen molar-refractivity contribution in [2.75, 3.05) is 5.32 Å². The highest BCUT2D eigenvalue weighted by molar-refractivity contribution is 9.10. The van der Waals surface area contributed by atoms with Gasteiger partial charge in [0.05, 0.1) is 11.6 Å². The molecule has 140 valence electrons. The molecule has 1 heterocycles. The number of nitrogens with zero attached hydrogens (tertiary/aromatic N) is 4. The molecule has 0 aliphatic rings. The zero-order chi connectivity index (χ0) is 19.2. The molecule has 1 aromatic heterocycles. The van der Waals surface area contributed by atoms with Gasteiger partial charge in [-0.25, -0.2) is 9.07 Å². The number of nitrogens with one attached hydrogen (secondary N) is 1. The molecule has 0 unspecified atom stereocenters. The zero-order valence-electron chi connectivity index (χ0n) is 14.2. The van der Waals surface area contributed by atoms with Gasteiger partial charge < -0.3 is 10.1 Å². The van der Waals surface area contributed by atoms with E-state index in [1.807, 2.05) is 18.2 Å². The molecule has 0 amide bonds. The summed E-state index contributed by atoms with van der Waals surface area (Å²) in [7, 11) is 0. The molecule has 0 atom stereocenters. The summed E-state index contributed by atoms with van der Waals surface area (Å²) in [4.78, 5) is 0. The fourth-order valence-electron chi connectivity index (χ4n) is 2.40. The van der Waals surface area contributed by atoms with Crippen LogP contribution in [0.5, 0.6) is 5.75 Å². The molecule has 0 radical (unpaired) electrons. The molecular weight excluding hydrogens is 437 g/mol. The van der Waals surface area contributed by atoms with Crippen molar-refractivity contribution in [2.45, 2.75) is 19.7 Å². The fourth-order valence-corrected chi connectivity index (χ4v) is 3.02. The number of benzene rings is 2. The molecule has 9 heteroatoms. The summed E-state index contributed by atoms with van der Waals surface area (Å²) in [5.74, 6) is 0.716. The van der Waals surface area contributed by atoms with E-state index in [0.29, 0.717) is 35.4 Å². The van der Waals surface area contributed by atoms with Gasteiger partial charge in [0.25, 0.3) is 0 Å². The van der Waals surface area contributed by atoms with Crippen molar-refractivity contribution in [1.29, 1.82) is 0 Å². The van der Waals surface area contributed by atoms with Crippen molar-refractivity contribution in [2.24, 2.45) is 0 Å². The van der Waals surface area contributed by atoms with Crippen LogP contribution in [0.2, 0.25) is 5.02 Å². The van der Waals surface area contributed by atoms with E-state index in [0.717, 1.165) is 10.0 Å². The van der Waals surface area contributed by atoms with E-state index in [4.69, 9.17) is 16.3 Å². The highest BCUT2D eigenvalue weighted by Crippen LogP contribution is 2.27. The van der Waals surface area contributed by atoms with Gasteiger partial charge in [-0.05, 0) is 40.8 Å². The van der Waals surface area contributed by atoms with Gasteiger partial charge in [-0.1, -0.05) is 44.8 Å². The van der Waals surface area contributed by atoms with Gasteiger partial charge >= 0.3 is 0 Å². The second-order valence-corrected chi connectivity index (χ2v) is 6.89. The predicted octanol–water partition coefficient (Wildman–Crippen LogP) is 4.61. The van der Waals surface area contributed by atoms with Crippen LogP contribution in [0.15, 0.2) is 53.5 Å². The zero-order valence-corrected chi connectivity index (χ0v) is 16.5. The Hall–Kier alpha value is -2.45. The molecule has 6 nitrogen and oxygen atoms in total. The average molecular weight is 453 g/mol. The Morgan fingerprint density at radius 1 is 1.33 bits per heavy atom. The Kier molecular flexibility index (Phi) is 6.41. The Balaban J connectivity index is 1.75. The maximum Gasteiger partial charge on any atom is 0.243 e. The van der Waals surface area contributed by atoms with Crippen molar-refractivity contribution in [1.82, 2.24) is 20.2 Å². The Bertz CT molecular complexity index is 929. The van der Waals surface area contributed by atoms with Gasteiger partial charge in [-0.2, -0.15) is 0 Å². The van der Waals surface area contributed by atoms with E-state index >= 15 is 0 Å². The summed E-state index contributed by atoms with van der Waals surface area (Å²) >= 11 is 9.51. The van der Waals surface area contributed by atoms with Crippen molar-refractivity contribution in [3.05, 3.63) is 75.5 Å². The third kappa shape index (κ3) is 4.84. The third-order valence-corrected chi connectivity index (χ3v) is 4.57. The minimum absolute atomic E-state index is 0.0222. The first-order valence-corrected chi connectivity index (χ1v) is 9.20. The second-order valence-electron chi connectivity index (χ2n) is 5.57. The van der Waals surface area contributed by atoms with Crippen LogP contribution >= 0.6 is 27.5 Å². The number of hydrogen-bond acceptors (Lipinski definition) is 5. The number of allylic oxidation sites excluding steroid dienone is 1. The van der Waals surface area contributed by atoms with E-state index in [1.54, 1.807) is 22.9 Å². The Labute approximate surface area is 169 Å². The Morgan fingerprint density at radius 2 is 2.19 bits per heavy atom. The summed E-state index contributed by atoms with van der Waals surface area (Å²) in [6.07, 6.45) is 1.70. The lowest BCUT2D eigenvalue weighted by Gasteiger charge is -2.14. The summed E-state index contributed by atoms with van der Waals surface area (Å²) in [5, 5.41) is 15.0. The highest BCUT2D eigenvalue weighted by atomic mass is 79.9. The van der Waals surface area contributed by atoms with Crippen molar-refractivity contribution in [3.8, 4) is 5.75 Å². The summed E-state index contributed by atoms with van der Waals surface area (Å²) in [6.45, 7) is 4.60. The van der Waals surface area contributed by atoms with Crippen LogP contribution in [0.4, 0.5) is 10.3 Å². The van der Waals surface area contributed by atoms with Gasteiger partial charge in [0.15, 0.2) is 0 Å². The quantitative estimate of drug-likeness (QED) is 0.506. The second kappa shape index (κ2) is 8.96. The number of tetrazole rings is 1. The molecule has 0 fully saturated rings. The number of aromatic nitrogens is 4. The first-order valence-electron chi connectivity index (χ1n) is 8.03. The monoisotopic (exact) mass is 451 g/mol. The molecule has 0 bridgehead atoms. The molecule has 0 aliphatic carbocycles. The molecule has 0 saturated heterocycles. The highest BCUT2D eigenvalue weighted by Gasteiger charge is 2.11. The molecule has 0 aliphatic heterocycles. The van der Waals surface area contributed by atoms with Gasteiger partial charge in [0.2, 0.25) is 5.95 Å². The SMILES string of the molecule is C=CCn1nnnc1NCc1cc(Br)ccc1OCc1c(F)cccc1Cl. The molecule has 0 spiro atoms. The van der Waals surface area contributed by atoms with Crippen LogP contribution in [0.25, 0.3) is 0 Å². The lowest BCUT2D eigenvalue weighted by atomic mass is 10.2. The summed E-state index contributed by atoms with van der Waals surface area (Å²) in [5.41, 5.74) is 1.17. The van der Waals surface area contributed by atoms with E-state index in [9.17, 15) is 4.39 Å². The number of ether oxygens (including phenoxy) is 1. The maximum atomic E-state index is 14.0. The van der Waals surface area contributed by atoms with Gasteiger partial charge in [0.1, 0.15) is 18.2 Å². The first-order chi connectivity index (χ1) is 13.1. The predicted molar refractivity (Wildman–Crippen MR) is 105 cm³/mol. The fraction of sp³-hybridized carbons (Fsp3) is 0.167. The van der Waals surface area contributed by atoms with Crippen molar-refractivity contribution in [3.63, 3.8) is 0 Å². The van der Waals surface area contributed by atoms with Crippen LogP contribution in [0.1, 0.15) is 11.1 Å². The van der Waals surface area contributed by atoms with Gasteiger partial charge in [-0.15, -0.1) is 6.58 Å². The number of anilines is 1. The average Bonchev–Trinajstić information content (AvgIpc) is 3.08. The van der Waals surface area contributed by atoms with E-state index < -0.39 is 5.82 Å². The normalized spacial score (nSPS) is 10.6. The number of halogens is 3. The molecular formula is C18H16BrClFN5O. The Morgan fingerprint density at radius 3 is 2.96 bits per heavy atom. The maximum absolute atomic E-state index is 14.0. The van der Waals surface area contributed by atoms with Crippen LogP contribution in [-0.2, 0) is 19.7 Å². The molecule has 0 saturated carbocycles. The number of hydrogen-bond donors (Lipinski definition) is 1. The molecule has 3 aromatic rings. The largest absolute Gasteiger partial charge is 0.488 e. The van der Waals surface area contributed by atoms with Crippen LogP contribution in [-0.4, -0.2) is 20.2 Å². The van der Waals surface area contributed by atoms with Crippen LogP contribution in [0, 0.1) is 5.82 Å². The standard InChI is InChI=1S/C18H16BrClFN5O/c1-2-8-26-18(23-24-25-26)22-10-12-9-13(19)6-7-17(12)27-11-14-15(20)4-3-5-16(14)21/h2-7,9H,1,8,10-11H2,(H,22,23,25). The van der Waals surface area contributed by atoms with E-state index in [1.165, 1.54) is 6.07 Å². The van der Waals surface area contributed by atoms with Crippen LogP contribution in [0.3, 0.4) is 0 Å². The van der Waals surface area contributed by atoms with E-state index in [2.05, 4.69) is 43.4 Å². The lowest BCUT2D eigenvalue weighted by Crippen LogP contribution is -2.09. The molecule has 1 N–H and O–H groups in total. The minimum Gasteiger partial charge on any atom is -0.488 e. The lowest BCUT2D eigenvalue weighted by molar-refractivity contribution is 0.297. The van der Waals surface area contributed by atoms with Crippen molar-refractivity contribution >= 4 is 33.5 Å². The molecule has 3 rings (SSSR count). The van der Waals surface area contributed by atoms with Crippen molar-refractivity contribution < 1.29 is 9.13 Å². The van der Waals surface area contributed by atoms with Gasteiger partial charge in [0, 0.05) is 22.1 Å². The topological polar surface area (TPSA) is 64.9 Å². The third-order valence-electron chi connectivity index (χ3n) is 3.73. The first kappa shape index (κ1) is 19.3. The summed E-state index contributed by atoms with van der Waals surface area (Å²) in [6, 6.07) is 10.1. The smallest absolute Gasteiger partial charge is 0.243 e. The minimum atomic E-state index is -0.400. The number of rotatable bonds is 8. The summed E-state index contributed by atoms with van der Waals surface area (Å²) < 4.78 is 22.3. The van der Waals surface area contributed by atoms with Gasteiger partial charge in [-0.3, -0.25) is 0 Å². The molecule has 2 aromatic carbocycles. The van der Waals surface area contributed by atoms with Crippen LogP contribution < -0.4 is 10.1 Å². The molecule has 27 heavy (non-hydrogen) atoms. The van der Waals surface area contributed by atoms with E-state index in [-0.39, 0.29) is 6.61 Å².